The van der Waals surface area contributed by atoms with Crippen LogP contribution in [0.5, 0.6) is 11.5 Å². The van der Waals surface area contributed by atoms with Crippen LogP contribution >= 0.6 is 0 Å². The first-order valence-corrected chi connectivity index (χ1v) is 10.6. The van der Waals surface area contributed by atoms with E-state index in [-0.39, 0.29) is 17.9 Å². The van der Waals surface area contributed by atoms with Crippen molar-refractivity contribution < 1.29 is 14.3 Å². The monoisotopic (exact) mass is 408 g/mol. The average Bonchev–Trinajstić information content (AvgIpc) is 3.15. The van der Waals surface area contributed by atoms with Crippen LogP contribution in [0.1, 0.15) is 50.7 Å². The van der Waals surface area contributed by atoms with E-state index in [2.05, 4.69) is 48.1 Å². The summed E-state index contributed by atoms with van der Waals surface area (Å²) in [6, 6.07) is 14.4. The number of nitrogens with zero attached hydrogens (tertiary/aromatic N) is 1. The van der Waals surface area contributed by atoms with Gasteiger partial charge in [-0.05, 0) is 49.6 Å². The number of hydrogen-bond donors (Lipinski definition) is 1. The van der Waals surface area contributed by atoms with Crippen molar-refractivity contribution in [2.24, 2.45) is 0 Å². The molecule has 0 saturated heterocycles. The van der Waals surface area contributed by atoms with Gasteiger partial charge < -0.3 is 19.4 Å². The number of nitrogens with one attached hydrogen (secondary N) is 1. The van der Waals surface area contributed by atoms with Crippen LogP contribution in [0.25, 0.3) is 10.9 Å². The van der Waals surface area contributed by atoms with Crippen molar-refractivity contribution in [3.8, 4) is 11.5 Å². The third-order valence-electron chi connectivity index (χ3n) is 5.72. The molecule has 5 heteroatoms. The molecule has 3 aromatic rings. The fraction of sp³-hybridized carbons (Fsp3) is 0.400. The highest BCUT2D eigenvalue weighted by Crippen LogP contribution is 2.37. The van der Waals surface area contributed by atoms with Gasteiger partial charge in [0.1, 0.15) is 11.5 Å². The minimum Gasteiger partial charge on any atom is -0.497 e. The van der Waals surface area contributed by atoms with E-state index in [9.17, 15) is 4.79 Å². The second kappa shape index (κ2) is 9.70. The van der Waals surface area contributed by atoms with Gasteiger partial charge in [-0.2, -0.15) is 0 Å². The molecule has 0 aliphatic heterocycles. The third kappa shape index (κ3) is 4.61. The van der Waals surface area contributed by atoms with Gasteiger partial charge in [-0.15, -0.1) is 0 Å². The molecule has 3 rings (SSSR count). The molecular formula is C25H32N2O3. The molecule has 0 bridgehead atoms. The number of amides is 1. The van der Waals surface area contributed by atoms with E-state index < -0.39 is 0 Å². The number of hydrogen-bond acceptors (Lipinski definition) is 3. The lowest BCUT2D eigenvalue weighted by molar-refractivity contribution is -0.121. The zero-order chi connectivity index (χ0) is 21.7. The Morgan fingerprint density at radius 3 is 2.33 bits per heavy atom. The Morgan fingerprint density at radius 1 is 1.07 bits per heavy atom. The molecule has 0 spiro atoms. The standard InChI is InChI=1S/C25H32N2O3/c1-6-17(3)26-25(28)15-22(18-12-19(29-4)14-20(13-18)30-5)23-16-27(7-2)24-11-9-8-10-21(23)24/h8-14,16-17,22H,6-7,15H2,1-5H3,(H,26,28)/t17-,22-/m1/s1. The Morgan fingerprint density at radius 2 is 1.73 bits per heavy atom. The maximum Gasteiger partial charge on any atom is 0.221 e. The van der Waals surface area contributed by atoms with E-state index in [4.69, 9.17) is 9.47 Å². The van der Waals surface area contributed by atoms with Gasteiger partial charge in [0, 0.05) is 48.1 Å². The molecule has 1 amide bonds. The Bertz CT molecular complexity index is 987. The highest BCUT2D eigenvalue weighted by atomic mass is 16.5. The second-order valence-corrected chi connectivity index (χ2v) is 7.67. The van der Waals surface area contributed by atoms with Crippen molar-refractivity contribution >= 4 is 16.8 Å². The summed E-state index contributed by atoms with van der Waals surface area (Å²) in [4.78, 5) is 12.9. The fourth-order valence-corrected chi connectivity index (χ4v) is 3.87. The van der Waals surface area contributed by atoms with Crippen LogP contribution in [0.2, 0.25) is 0 Å². The first-order valence-electron chi connectivity index (χ1n) is 10.6. The molecule has 0 radical (unpaired) electrons. The summed E-state index contributed by atoms with van der Waals surface area (Å²) >= 11 is 0. The molecule has 2 atom stereocenters. The maximum atomic E-state index is 12.9. The van der Waals surface area contributed by atoms with Crippen LogP contribution < -0.4 is 14.8 Å². The Labute approximate surface area is 179 Å². The van der Waals surface area contributed by atoms with E-state index in [0.717, 1.165) is 35.6 Å². The summed E-state index contributed by atoms with van der Waals surface area (Å²) in [6.45, 7) is 7.11. The van der Waals surface area contributed by atoms with Gasteiger partial charge in [0.05, 0.1) is 14.2 Å². The molecule has 1 aromatic heterocycles. The predicted octanol–water partition coefficient (Wildman–Crippen LogP) is 5.12. The quantitative estimate of drug-likeness (QED) is 0.535. The number of aromatic nitrogens is 1. The summed E-state index contributed by atoms with van der Waals surface area (Å²) in [7, 11) is 3.29. The van der Waals surface area contributed by atoms with Crippen LogP contribution in [0.4, 0.5) is 0 Å². The molecule has 0 unspecified atom stereocenters. The molecule has 2 aromatic carbocycles. The lowest BCUT2D eigenvalue weighted by Crippen LogP contribution is -2.33. The van der Waals surface area contributed by atoms with Crippen LogP contribution in [0.3, 0.4) is 0 Å². The van der Waals surface area contributed by atoms with Crippen molar-refractivity contribution in [1.29, 1.82) is 0 Å². The third-order valence-corrected chi connectivity index (χ3v) is 5.72. The number of methoxy groups -OCH3 is 2. The molecule has 5 nitrogen and oxygen atoms in total. The zero-order valence-corrected chi connectivity index (χ0v) is 18.6. The van der Waals surface area contributed by atoms with Crippen molar-refractivity contribution in [1.82, 2.24) is 9.88 Å². The van der Waals surface area contributed by atoms with E-state index in [1.54, 1.807) is 14.2 Å². The van der Waals surface area contributed by atoms with Gasteiger partial charge in [0.25, 0.3) is 0 Å². The van der Waals surface area contributed by atoms with Crippen molar-refractivity contribution in [2.45, 2.75) is 52.1 Å². The number of ether oxygens (including phenoxy) is 2. The van der Waals surface area contributed by atoms with Gasteiger partial charge in [0.15, 0.2) is 0 Å². The topological polar surface area (TPSA) is 52.5 Å². The van der Waals surface area contributed by atoms with E-state index in [1.165, 1.54) is 10.9 Å². The summed E-state index contributed by atoms with van der Waals surface area (Å²) in [5, 5.41) is 4.29. The molecule has 0 saturated carbocycles. The first kappa shape index (κ1) is 21.8. The largest absolute Gasteiger partial charge is 0.497 e. The van der Waals surface area contributed by atoms with E-state index >= 15 is 0 Å². The Balaban J connectivity index is 2.13. The number of rotatable bonds is 9. The predicted molar refractivity (Wildman–Crippen MR) is 122 cm³/mol. The molecule has 0 aliphatic rings. The number of fused-ring (bicyclic) bond motifs is 1. The van der Waals surface area contributed by atoms with Gasteiger partial charge in [-0.25, -0.2) is 0 Å². The Hall–Kier alpha value is -2.95. The summed E-state index contributed by atoms with van der Waals surface area (Å²) < 4.78 is 13.2. The summed E-state index contributed by atoms with van der Waals surface area (Å²) in [5.74, 6) is 1.37. The van der Waals surface area contributed by atoms with Gasteiger partial charge >= 0.3 is 0 Å². The number of carbonyl (C=O) groups excluding carboxylic acids is 1. The SMILES string of the molecule is CC[C@@H](C)NC(=O)C[C@H](c1cc(OC)cc(OC)c1)c1cn(CC)c2ccccc12. The van der Waals surface area contributed by atoms with Gasteiger partial charge in [0.2, 0.25) is 5.91 Å². The maximum absolute atomic E-state index is 12.9. The molecule has 0 aliphatic carbocycles. The van der Waals surface area contributed by atoms with Crippen LogP contribution in [-0.2, 0) is 11.3 Å². The highest BCUT2D eigenvalue weighted by molar-refractivity contribution is 5.86. The van der Waals surface area contributed by atoms with Crippen molar-refractivity contribution in [3.05, 3.63) is 59.8 Å². The number of benzene rings is 2. The zero-order valence-electron chi connectivity index (χ0n) is 18.6. The number of carbonyl (C=O) groups is 1. The number of para-hydroxylation sites is 1. The smallest absolute Gasteiger partial charge is 0.221 e. The average molecular weight is 409 g/mol. The number of aryl methyl sites for hydroxylation is 1. The summed E-state index contributed by atoms with van der Waals surface area (Å²) in [5.41, 5.74) is 3.32. The van der Waals surface area contributed by atoms with Gasteiger partial charge in [-0.1, -0.05) is 25.1 Å². The lowest BCUT2D eigenvalue weighted by atomic mass is 9.87. The van der Waals surface area contributed by atoms with Crippen molar-refractivity contribution in [2.75, 3.05) is 14.2 Å². The lowest BCUT2D eigenvalue weighted by Gasteiger charge is -2.20. The van der Waals surface area contributed by atoms with E-state index in [1.807, 2.05) is 31.2 Å². The minimum absolute atomic E-state index is 0.0458. The molecule has 160 valence electrons. The van der Waals surface area contributed by atoms with Crippen LogP contribution in [-0.4, -0.2) is 30.7 Å². The highest BCUT2D eigenvalue weighted by Gasteiger charge is 2.24. The molecular weight excluding hydrogens is 376 g/mol. The van der Waals surface area contributed by atoms with Crippen molar-refractivity contribution in [3.63, 3.8) is 0 Å². The second-order valence-electron chi connectivity index (χ2n) is 7.67. The Kier molecular flexibility index (Phi) is 7.03. The molecule has 0 fully saturated rings. The van der Waals surface area contributed by atoms with Crippen LogP contribution in [0.15, 0.2) is 48.7 Å². The molecule has 30 heavy (non-hydrogen) atoms. The fourth-order valence-electron chi connectivity index (χ4n) is 3.87. The van der Waals surface area contributed by atoms with E-state index in [0.29, 0.717) is 6.42 Å². The first-order chi connectivity index (χ1) is 14.5. The van der Waals surface area contributed by atoms with Crippen LogP contribution in [0, 0.1) is 0 Å². The minimum atomic E-state index is -0.115. The van der Waals surface area contributed by atoms with Gasteiger partial charge in [-0.3, -0.25) is 4.79 Å². The summed E-state index contributed by atoms with van der Waals surface area (Å²) in [6.07, 6.45) is 3.44. The normalized spacial score (nSPS) is 13.1. The molecule has 1 heterocycles. The molecule has 1 N–H and O–H groups in total.